The first-order chi connectivity index (χ1) is 12.1. The van der Waals surface area contributed by atoms with E-state index in [2.05, 4.69) is 21.2 Å². The van der Waals surface area contributed by atoms with E-state index < -0.39 is 0 Å². The third-order valence-corrected chi connectivity index (χ3v) is 6.17. The van der Waals surface area contributed by atoms with Crippen LogP contribution in [0.4, 0.5) is 5.69 Å². The molecule has 2 aliphatic rings. The van der Waals surface area contributed by atoms with Crippen molar-refractivity contribution in [3.63, 3.8) is 0 Å². The summed E-state index contributed by atoms with van der Waals surface area (Å²) in [7, 11) is 0. The van der Waals surface area contributed by atoms with Crippen LogP contribution in [-0.2, 0) is 9.59 Å². The molecule has 1 aliphatic heterocycles. The average Bonchev–Trinajstić information content (AvgIpc) is 3.19. The van der Waals surface area contributed by atoms with Crippen LogP contribution in [0.3, 0.4) is 0 Å². The van der Waals surface area contributed by atoms with Crippen molar-refractivity contribution in [2.45, 2.75) is 50.3 Å². The molecule has 1 aromatic carbocycles. The van der Waals surface area contributed by atoms with Gasteiger partial charge in [0.05, 0.1) is 6.04 Å². The van der Waals surface area contributed by atoms with E-state index in [0.29, 0.717) is 12.6 Å². The van der Waals surface area contributed by atoms with Crippen molar-refractivity contribution in [1.82, 2.24) is 4.90 Å². The second kappa shape index (κ2) is 8.36. The predicted molar refractivity (Wildman–Crippen MR) is 106 cm³/mol. The molecule has 0 radical (unpaired) electrons. The summed E-state index contributed by atoms with van der Waals surface area (Å²) in [6.07, 6.45) is 4.80. The van der Waals surface area contributed by atoms with Crippen LogP contribution in [0.25, 0.3) is 0 Å². The molecule has 1 heterocycles. The lowest BCUT2D eigenvalue weighted by atomic mass is 10.2. The van der Waals surface area contributed by atoms with Gasteiger partial charge in [-0.3, -0.25) is 19.5 Å². The minimum atomic E-state index is -0.379. The summed E-state index contributed by atoms with van der Waals surface area (Å²) in [4.78, 5) is 31.4. The molecule has 0 bridgehead atoms. The van der Waals surface area contributed by atoms with E-state index in [1.54, 1.807) is 4.90 Å². The van der Waals surface area contributed by atoms with E-state index in [-0.39, 0.29) is 23.5 Å². The van der Waals surface area contributed by atoms with Gasteiger partial charge in [-0.2, -0.15) is 0 Å². The van der Waals surface area contributed by atoms with E-state index in [0.717, 1.165) is 28.2 Å². The molecule has 1 atom stereocenters. The number of carbonyl (C=O) groups excluding carboxylic acids is 2. The lowest BCUT2D eigenvalue weighted by molar-refractivity contribution is -0.128. The highest BCUT2D eigenvalue weighted by Gasteiger charge is 2.38. The molecule has 2 fully saturated rings. The van der Waals surface area contributed by atoms with E-state index in [1.807, 2.05) is 31.2 Å². The molecule has 1 unspecified atom stereocenters. The molecule has 5 nitrogen and oxygen atoms in total. The lowest BCUT2D eigenvalue weighted by Crippen LogP contribution is -2.33. The second-order valence-electron chi connectivity index (χ2n) is 6.30. The number of carbonyl (C=O) groups is 2. The van der Waals surface area contributed by atoms with Crippen LogP contribution in [0.1, 0.15) is 39.0 Å². The molecule has 1 N–H and O–H groups in total. The monoisotopic (exact) mass is 423 g/mol. The maximum Gasteiger partial charge on any atom is 0.242 e. The zero-order valence-corrected chi connectivity index (χ0v) is 16.6. The number of benzene rings is 1. The van der Waals surface area contributed by atoms with Gasteiger partial charge in [0, 0.05) is 23.1 Å². The number of nitrogens with zero attached hydrogens (tertiary/aromatic N) is 2. The number of halogens is 1. The molecule has 3 rings (SSSR count). The summed E-state index contributed by atoms with van der Waals surface area (Å²) in [5.41, 5.74) is 0.732. The molecule has 0 aromatic heterocycles. The van der Waals surface area contributed by atoms with Crippen LogP contribution < -0.4 is 5.32 Å². The number of anilines is 1. The zero-order chi connectivity index (χ0) is 17.8. The molecule has 7 heteroatoms. The van der Waals surface area contributed by atoms with Crippen molar-refractivity contribution in [3.05, 3.63) is 28.7 Å². The summed E-state index contributed by atoms with van der Waals surface area (Å²) in [6, 6.07) is 7.74. The van der Waals surface area contributed by atoms with Crippen molar-refractivity contribution in [2.24, 2.45) is 4.99 Å². The van der Waals surface area contributed by atoms with Crippen LogP contribution in [0, 0.1) is 0 Å². The van der Waals surface area contributed by atoms with Gasteiger partial charge in [0.2, 0.25) is 11.8 Å². The number of amides is 2. The summed E-state index contributed by atoms with van der Waals surface area (Å²) in [5.74, 6) is -0.151. The molecule has 1 saturated heterocycles. The minimum Gasteiger partial charge on any atom is -0.326 e. The fraction of sp³-hybridized carbons (Fsp3) is 0.500. The Morgan fingerprint density at radius 3 is 2.64 bits per heavy atom. The van der Waals surface area contributed by atoms with Gasteiger partial charge in [-0.05, 0) is 44.0 Å². The predicted octanol–water partition coefficient (Wildman–Crippen LogP) is 4.04. The third kappa shape index (κ3) is 4.64. The van der Waals surface area contributed by atoms with Gasteiger partial charge in [0.25, 0.3) is 0 Å². The number of thioether (sulfide) groups is 1. The van der Waals surface area contributed by atoms with E-state index >= 15 is 0 Å². The summed E-state index contributed by atoms with van der Waals surface area (Å²) in [5, 5.41) is 3.27. The molecule has 1 aliphatic carbocycles. The highest BCUT2D eigenvalue weighted by atomic mass is 79.9. The maximum atomic E-state index is 12.6. The second-order valence-corrected chi connectivity index (χ2v) is 8.38. The number of amidine groups is 1. The highest BCUT2D eigenvalue weighted by molar-refractivity contribution is 9.10. The van der Waals surface area contributed by atoms with Crippen molar-refractivity contribution >= 4 is 50.4 Å². The van der Waals surface area contributed by atoms with E-state index in [4.69, 9.17) is 4.99 Å². The molecule has 1 aromatic rings. The standard InChI is InChI=1S/C18H22BrN3O2S/c1-2-22-17(24)15(25-18(22)21-13-5-3-4-6-13)11-16(23)20-14-9-7-12(19)8-10-14/h7-10,13,15H,2-6,11H2,1H3,(H,20,23). The SMILES string of the molecule is CCN1C(=O)C(CC(=O)Nc2ccc(Br)cc2)SC1=NC1CCCC1. The van der Waals surface area contributed by atoms with Crippen LogP contribution >= 0.6 is 27.7 Å². The Hall–Kier alpha value is -1.34. The topological polar surface area (TPSA) is 61.8 Å². The zero-order valence-electron chi connectivity index (χ0n) is 14.2. The number of hydrogen-bond donors (Lipinski definition) is 1. The molecule has 2 amide bonds. The first kappa shape index (κ1) is 18.5. The van der Waals surface area contributed by atoms with Crippen molar-refractivity contribution in [2.75, 3.05) is 11.9 Å². The van der Waals surface area contributed by atoms with Gasteiger partial charge in [0.15, 0.2) is 5.17 Å². The van der Waals surface area contributed by atoms with Crippen molar-refractivity contribution in [3.8, 4) is 0 Å². The van der Waals surface area contributed by atoms with Gasteiger partial charge in [0.1, 0.15) is 5.25 Å². The van der Waals surface area contributed by atoms with Gasteiger partial charge in [-0.1, -0.05) is 40.5 Å². The van der Waals surface area contributed by atoms with Gasteiger partial charge in [-0.15, -0.1) is 0 Å². The Bertz CT molecular complexity index is 671. The van der Waals surface area contributed by atoms with Crippen LogP contribution in [0.2, 0.25) is 0 Å². The van der Waals surface area contributed by atoms with E-state index in [9.17, 15) is 9.59 Å². The first-order valence-electron chi connectivity index (χ1n) is 8.68. The lowest BCUT2D eigenvalue weighted by Gasteiger charge is -2.14. The van der Waals surface area contributed by atoms with Crippen molar-refractivity contribution < 1.29 is 9.59 Å². The Morgan fingerprint density at radius 1 is 1.32 bits per heavy atom. The Kier molecular flexibility index (Phi) is 6.17. The molecule has 134 valence electrons. The van der Waals surface area contributed by atoms with Gasteiger partial charge in [-0.25, -0.2) is 0 Å². The molecule has 25 heavy (non-hydrogen) atoms. The Labute approximate surface area is 160 Å². The molecular formula is C18H22BrN3O2S. The van der Waals surface area contributed by atoms with Crippen LogP contribution in [0.5, 0.6) is 0 Å². The first-order valence-corrected chi connectivity index (χ1v) is 10.4. The normalized spacial score (nSPS) is 22.8. The third-order valence-electron chi connectivity index (χ3n) is 4.45. The average molecular weight is 424 g/mol. The number of rotatable bonds is 5. The highest BCUT2D eigenvalue weighted by Crippen LogP contribution is 2.32. The van der Waals surface area contributed by atoms with Crippen molar-refractivity contribution in [1.29, 1.82) is 0 Å². The van der Waals surface area contributed by atoms with E-state index in [1.165, 1.54) is 24.6 Å². The Morgan fingerprint density at radius 2 is 2.00 bits per heavy atom. The summed E-state index contributed by atoms with van der Waals surface area (Å²) >= 11 is 4.81. The number of hydrogen-bond acceptors (Lipinski definition) is 4. The molecule has 1 saturated carbocycles. The Balaban J connectivity index is 1.62. The molecule has 0 spiro atoms. The quantitative estimate of drug-likeness (QED) is 0.776. The fourth-order valence-corrected chi connectivity index (χ4v) is 4.67. The van der Waals surface area contributed by atoms with Crippen LogP contribution in [0.15, 0.2) is 33.7 Å². The summed E-state index contributed by atoms with van der Waals surface area (Å²) < 4.78 is 0.957. The summed E-state index contributed by atoms with van der Waals surface area (Å²) in [6.45, 7) is 2.55. The number of nitrogens with one attached hydrogen (secondary N) is 1. The smallest absolute Gasteiger partial charge is 0.242 e. The fourth-order valence-electron chi connectivity index (χ4n) is 3.13. The van der Waals surface area contributed by atoms with Gasteiger partial charge < -0.3 is 5.32 Å². The largest absolute Gasteiger partial charge is 0.326 e. The van der Waals surface area contributed by atoms with Gasteiger partial charge >= 0.3 is 0 Å². The maximum absolute atomic E-state index is 12.6. The molecular weight excluding hydrogens is 402 g/mol. The number of aliphatic imine (C=N–C) groups is 1. The van der Waals surface area contributed by atoms with Crippen LogP contribution in [-0.4, -0.2) is 39.7 Å². The minimum absolute atomic E-state index is 0.00444.